The van der Waals surface area contributed by atoms with Gasteiger partial charge in [-0.15, -0.1) is 53.6 Å². The number of hydrogen-bond acceptors (Lipinski definition) is 3. The number of furan rings is 1. The van der Waals surface area contributed by atoms with Crippen LogP contribution in [-0.2, 0) is 20.1 Å². The van der Waals surface area contributed by atoms with Crippen molar-refractivity contribution in [2.45, 2.75) is 85.9 Å². The molecule has 0 fully saturated rings. The SMILES string of the molecule is CC(C)c1cccc(C(C)C)c1-n1c(-c2[c-]cccc2)nc2ccccc21.[2H]C([2H])([2H])c1c[c-]c(-c2nc3ccccc3n2-c2c(C(C)C)cc(-c3ccccc3)cc2C(C)C)c2oc3cc4ccccc4cc3c12.[Ir]. The molecule has 0 N–H and O–H groups in total. The summed E-state index contributed by atoms with van der Waals surface area (Å²) in [5, 5.41) is 3.40. The van der Waals surface area contributed by atoms with E-state index in [4.69, 9.17) is 18.5 Å². The van der Waals surface area contributed by atoms with E-state index < -0.39 is 6.85 Å². The van der Waals surface area contributed by atoms with Gasteiger partial charge in [0, 0.05) is 41.0 Å². The third-order valence-corrected chi connectivity index (χ3v) is 14.0. The van der Waals surface area contributed by atoms with E-state index in [2.05, 4.69) is 168 Å². The predicted molar refractivity (Wildman–Crippen MR) is 302 cm³/mol. The van der Waals surface area contributed by atoms with Crippen LogP contribution in [0, 0.1) is 19.0 Å². The van der Waals surface area contributed by atoms with Gasteiger partial charge in [-0.1, -0.05) is 170 Å². The van der Waals surface area contributed by atoms with Crippen LogP contribution in [0.15, 0.2) is 180 Å². The standard InChI is InChI=1S/C42H35N2O.C25H25N2.Ir/c1-25(2)33-22-31(28-13-7-6-8-14-28)23-34(26(3)4)40(33)44-37-18-12-11-17-36(37)43-42(44)32-20-19-27(5)39-35-21-29-15-9-10-16-30(29)24-38(35)45-41(32)39;1-17(2)20-13-10-14-21(18(3)4)24(20)27-23-16-9-8-15-22(23)26-25(27)19-11-6-5-7-12-19;/h6-19,21-26H,1-5H3;5-11,13-18H,1-4H3;/q2*-1;/i5D3;;. The van der Waals surface area contributed by atoms with E-state index in [9.17, 15) is 0 Å². The Morgan fingerprint density at radius 2 is 1.04 bits per heavy atom. The predicted octanol–water partition coefficient (Wildman–Crippen LogP) is 18.5. The maximum atomic E-state index is 8.46. The molecule has 0 aliphatic carbocycles. The van der Waals surface area contributed by atoms with E-state index in [1.54, 1.807) is 6.07 Å². The van der Waals surface area contributed by atoms with Crippen molar-refractivity contribution in [1.29, 1.82) is 0 Å². The van der Waals surface area contributed by atoms with Crippen LogP contribution < -0.4 is 0 Å². The van der Waals surface area contributed by atoms with Crippen molar-refractivity contribution < 1.29 is 28.6 Å². The van der Waals surface area contributed by atoms with Crippen LogP contribution in [0.3, 0.4) is 0 Å². The van der Waals surface area contributed by atoms with Crippen molar-refractivity contribution in [3.8, 4) is 45.3 Å². The number of fused-ring (bicyclic) bond motifs is 6. The summed E-state index contributed by atoms with van der Waals surface area (Å²) in [6.45, 7) is 15.6. The van der Waals surface area contributed by atoms with Crippen LogP contribution in [0.25, 0.3) is 100 Å². The van der Waals surface area contributed by atoms with E-state index in [1.807, 2.05) is 78.9 Å². The number of benzene rings is 9. The van der Waals surface area contributed by atoms with Gasteiger partial charge in [-0.3, -0.25) is 9.97 Å². The summed E-state index contributed by atoms with van der Waals surface area (Å²) in [7, 11) is 0. The average Bonchev–Trinajstić information content (AvgIpc) is 4.12. The van der Waals surface area contributed by atoms with Gasteiger partial charge in [0.15, 0.2) is 0 Å². The summed E-state index contributed by atoms with van der Waals surface area (Å²) in [6, 6.07) is 66.9. The van der Waals surface area contributed by atoms with Gasteiger partial charge in [-0.05, 0) is 116 Å². The molecule has 0 saturated heterocycles. The zero-order chi connectivity index (χ0) is 52.3. The molecular formula is C67H60IrN4O-2. The van der Waals surface area contributed by atoms with Crippen LogP contribution in [-0.4, -0.2) is 19.1 Å². The van der Waals surface area contributed by atoms with Crippen LogP contribution >= 0.6 is 0 Å². The molecule has 9 aromatic carbocycles. The number of nitrogens with zero attached hydrogens (tertiary/aromatic N) is 4. The summed E-state index contributed by atoms with van der Waals surface area (Å²) in [4.78, 5) is 10.2. The van der Waals surface area contributed by atoms with Crippen LogP contribution in [0.4, 0.5) is 0 Å². The summed E-state index contributed by atoms with van der Waals surface area (Å²) in [5.41, 5.74) is 16.7. The summed E-state index contributed by atoms with van der Waals surface area (Å²) in [5.74, 6) is 2.87. The average molecular weight is 1130 g/mol. The fourth-order valence-electron chi connectivity index (χ4n) is 10.4. The molecule has 12 rings (SSSR count). The smallest absolute Gasteiger partial charge is 0.121 e. The molecule has 1 radical (unpaired) electrons. The molecule has 6 heteroatoms. The first kappa shape index (κ1) is 45.5. The van der Waals surface area contributed by atoms with E-state index in [0.717, 1.165) is 55.3 Å². The van der Waals surface area contributed by atoms with E-state index in [1.165, 1.54) is 39.1 Å². The Bertz CT molecular complexity index is 4020. The molecule has 0 atom stereocenters. The van der Waals surface area contributed by atoms with Crippen molar-refractivity contribution >= 4 is 54.8 Å². The first-order chi connectivity index (χ1) is 36.2. The number of para-hydroxylation sites is 5. The second kappa shape index (κ2) is 20.3. The third kappa shape index (κ3) is 8.91. The van der Waals surface area contributed by atoms with Crippen LogP contribution in [0.1, 0.15) is 111 Å². The Balaban J connectivity index is 0.000000199. The Morgan fingerprint density at radius 1 is 0.507 bits per heavy atom. The number of imidazole rings is 2. The summed E-state index contributed by atoms with van der Waals surface area (Å²) in [6.07, 6.45) is 0. The Kier molecular flexibility index (Phi) is 12.6. The van der Waals surface area contributed by atoms with Crippen molar-refractivity contribution in [3.05, 3.63) is 216 Å². The maximum Gasteiger partial charge on any atom is 0.121 e. The Labute approximate surface area is 447 Å². The fraction of sp³-hybridized carbons (Fsp3) is 0.194. The van der Waals surface area contributed by atoms with Gasteiger partial charge in [-0.25, -0.2) is 0 Å². The molecule has 5 nitrogen and oxygen atoms in total. The van der Waals surface area contributed by atoms with Crippen molar-refractivity contribution in [3.63, 3.8) is 0 Å². The van der Waals surface area contributed by atoms with Crippen molar-refractivity contribution in [2.24, 2.45) is 0 Å². The maximum absolute atomic E-state index is 8.46. The molecular weight excluding hydrogens is 1070 g/mol. The summed E-state index contributed by atoms with van der Waals surface area (Å²) >= 11 is 0. The topological polar surface area (TPSA) is 48.8 Å². The van der Waals surface area contributed by atoms with Crippen molar-refractivity contribution in [1.82, 2.24) is 19.1 Å². The minimum Gasteiger partial charge on any atom is -0.501 e. The molecule has 12 aromatic rings. The molecule has 3 heterocycles. The summed E-state index contributed by atoms with van der Waals surface area (Å²) < 4.78 is 36.6. The van der Waals surface area contributed by atoms with E-state index in [0.29, 0.717) is 39.8 Å². The molecule has 0 aliphatic heterocycles. The number of rotatable bonds is 9. The second-order valence-corrected chi connectivity index (χ2v) is 20.1. The van der Waals surface area contributed by atoms with E-state index >= 15 is 0 Å². The van der Waals surface area contributed by atoms with Crippen molar-refractivity contribution in [2.75, 3.05) is 0 Å². The molecule has 0 amide bonds. The fourth-order valence-corrected chi connectivity index (χ4v) is 10.4. The molecule has 0 saturated carbocycles. The van der Waals surface area contributed by atoms with Gasteiger partial charge in [0.2, 0.25) is 0 Å². The zero-order valence-corrected chi connectivity index (χ0v) is 45.0. The van der Waals surface area contributed by atoms with Gasteiger partial charge in [0.1, 0.15) is 5.58 Å². The van der Waals surface area contributed by atoms with Gasteiger partial charge in [0.05, 0.1) is 39.3 Å². The minimum absolute atomic E-state index is 0. The van der Waals surface area contributed by atoms with Gasteiger partial charge >= 0.3 is 0 Å². The minimum atomic E-state index is -2.36. The quantitative estimate of drug-likeness (QED) is 0.135. The van der Waals surface area contributed by atoms with Crippen LogP contribution in [0.5, 0.6) is 0 Å². The first-order valence-electron chi connectivity index (χ1n) is 26.8. The molecule has 0 aliphatic rings. The monoisotopic (exact) mass is 1130 g/mol. The molecule has 3 aromatic heterocycles. The zero-order valence-electron chi connectivity index (χ0n) is 45.6. The molecule has 73 heavy (non-hydrogen) atoms. The molecule has 0 spiro atoms. The van der Waals surface area contributed by atoms with E-state index in [-0.39, 0.29) is 37.5 Å². The molecule has 0 bridgehead atoms. The third-order valence-electron chi connectivity index (χ3n) is 14.0. The first-order valence-corrected chi connectivity index (χ1v) is 25.3. The number of hydrogen-bond donors (Lipinski definition) is 0. The largest absolute Gasteiger partial charge is 0.501 e. The second-order valence-electron chi connectivity index (χ2n) is 20.1. The Morgan fingerprint density at radius 3 is 1.63 bits per heavy atom. The van der Waals surface area contributed by atoms with Gasteiger partial charge in [-0.2, -0.15) is 0 Å². The molecule has 0 unspecified atom stereocenters. The number of aryl methyl sites for hydroxylation is 1. The van der Waals surface area contributed by atoms with Gasteiger partial charge in [0.25, 0.3) is 0 Å². The normalized spacial score (nSPS) is 12.5. The Hall–Kier alpha value is -7.37. The molecule has 365 valence electrons. The van der Waals surface area contributed by atoms with Crippen LogP contribution in [0.2, 0.25) is 0 Å². The van der Waals surface area contributed by atoms with Gasteiger partial charge < -0.3 is 13.6 Å². The number of aromatic nitrogens is 4.